The van der Waals surface area contributed by atoms with Gasteiger partial charge in [-0.15, -0.1) is 0 Å². The predicted molar refractivity (Wildman–Crippen MR) is 72.9 cm³/mol. The number of benzene rings is 1. The normalized spacial score (nSPS) is 17.7. The molecule has 1 N–H and O–H groups in total. The summed E-state index contributed by atoms with van der Waals surface area (Å²) in [5.74, 6) is -0.587. The molecule has 1 unspecified atom stereocenters. The number of hydrogen-bond donors (Lipinski definition) is 1. The number of carboxylic acid groups (broad SMARTS) is 1. The van der Waals surface area contributed by atoms with E-state index in [1.165, 1.54) is 0 Å². The lowest BCUT2D eigenvalue weighted by molar-refractivity contribution is -0.153. The zero-order chi connectivity index (χ0) is 13.9. The van der Waals surface area contributed by atoms with Crippen LogP contribution < -0.4 is 0 Å². The van der Waals surface area contributed by atoms with Crippen LogP contribution in [0.1, 0.15) is 38.2 Å². The van der Waals surface area contributed by atoms with Crippen molar-refractivity contribution in [2.75, 3.05) is 0 Å². The van der Waals surface area contributed by atoms with Crippen molar-refractivity contribution in [3.8, 4) is 0 Å². The van der Waals surface area contributed by atoms with E-state index in [2.05, 4.69) is 0 Å². The Kier molecular flexibility index (Phi) is 4.03. The molecule has 1 aliphatic rings. The lowest BCUT2D eigenvalue weighted by atomic mass is 9.75. The second-order valence-corrected chi connectivity index (χ2v) is 5.47. The van der Waals surface area contributed by atoms with E-state index in [1.807, 2.05) is 37.3 Å². The number of ketones is 1. The molecule has 3 heteroatoms. The molecule has 0 bridgehead atoms. The van der Waals surface area contributed by atoms with Crippen LogP contribution in [0.25, 0.3) is 0 Å². The number of carboxylic acids is 1. The highest BCUT2D eigenvalue weighted by atomic mass is 16.4. The standard InChI is InChI=1S/C16H20O3/c1-2-16(15(18)19,13-8-9-13)11-14(17)10-12-6-4-3-5-7-12/h3-7,13H,2,8-11H2,1H3,(H,18,19). The topological polar surface area (TPSA) is 54.4 Å². The predicted octanol–water partition coefficient (Wildman–Crippen LogP) is 3.08. The van der Waals surface area contributed by atoms with E-state index in [9.17, 15) is 14.7 Å². The Hall–Kier alpha value is -1.64. The first-order chi connectivity index (χ1) is 9.08. The van der Waals surface area contributed by atoms with Crippen molar-refractivity contribution < 1.29 is 14.7 Å². The minimum Gasteiger partial charge on any atom is -0.481 e. The molecule has 0 saturated heterocycles. The van der Waals surface area contributed by atoms with Crippen molar-refractivity contribution in [1.29, 1.82) is 0 Å². The quantitative estimate of drug-likeness (QED) is 0.819. The lowest BCUT2D eigenvalue weighted by Gasteiger charge is -2.27. The second kappa shape index (κ2) is 5.55. The summed E-state index contributed by atoms with van der Waals surface area (Å²) in [5.41, 5.74) is 0.130. The average Bonchev–Trinajstić information content (AvgIpc) is 3.21. The van der Waals surface area contributed by atoms with Gasteiger partial charge in [0.25, 0.3) is 0 Å². The molecule has 0 aliphatic heterocycles. The summed E-state index contributed by atoms with van der Waals surface area (Å²) in [4.78, 5) is 23.7. The first-order valence-electron chi connectivity index (χ1n) is 6.87. The second-order valence-electron chi connectivity index (χ2n) is 5.47. The molecule has 3 nitrogen and oxygen atoms in total. The highest BCUT2D eigenvalue weighted by molar-refractivity contribution is 5.88. The number of aliphatic carboxylic acids is 1. The molecule has 0 spiro atoms. The Balaban J connectivity index is 2.05. The molecule has 1 aromatic carbocycles. The highest BCUT2D eigenvalue weighted by Crippen LogP contribution is 2.50. The van der Waals surface area contributed by atoms with Gasteiger partial charge in [0.05, 0.1) is 5.41 Å². The zero-order valence-electron chi connectivity index (χ0n) is 11.3. The number of hydrogen-bond acceptors (Lipinski definition) is 2. The van der Waals surface area contributed by atoms with Gasteiger partial charge in [0.2, 0.25) is 0 Å². The third kappa shape index (κ3) is 3.03. The van der Waals surface area contributed by atoms with Gasteiger partial charge < -0.3 is 5.11 Å². The van der Waals surface area contributed by atoms with E-state index < -0.39 is 11.4 Å². The third-order valence-corrected chi connectivity index (χ3v) is 4.17. The van der Waals surface area contributed by atoms with E-state index >= 15 is 0 Å². The Morgan fingerprint density at radius 1 is 1.26 bits per heavy atom. The molecule has 19 heavy (non-hydrogen) atoms. The lowest BCUT2D eigenvalue weighted by Crippen LogP contribution is -2.35. The molecule has 0 amide bonds. The van der Waals surface area contributed by atoms with Gasteiger partial charge >= 0.3 is 5.97 Å². The van der Waals surface area contributed by atoms with E-state index in [0.29, 0.717) is 12.8 Å². The Labute approximate surface area is 113 Å². The molecule has 1 aliphatic carbocycles. The fraction of sp³-hybridized carbons (Fsp3) is 0.500. The Morgan fingerprint density at radius 3 is 2.37 bits per heavy atom. The van der Waals surface area contributed by atoms with Crippen LogP contribution in [0.3, 0.4) is 0 Å². The molecule has 2 rings (SSSR count). The van der Waals surface area contributed by atoms with Crippen LogP contribution in [-0.4, -0.2) is 16.9 Å². The van der Waals surface area contributed by atoms with E-state index in [0.717, 1.165) is 18.4 Å². The molecular weight excluding hydrogens is 240 g/mol. The maximum Gasteiger partial charge on any atom is 0.310 e. The van der Waals surface area contributed by atoms with E-state index in [4.69, 9.17) is 0 Å². The maximum atomic E-state index is 12.2. The van der Waals surface area contributed by atoms with Gasteiger partial charge in [0.15, 0.2) is 0 Å². The van der Waals surface area contributed by atoms with Gasteiger partial charge in [-0.2, -0.15) is 0 Å². The number of rotatable bonds is 7. The van der Waals surface area contributed by atoms with Gasteiger partial charge in [-0.05, 0) is 30.7 Å². The molecule has 102 valence electrons. The minimum atomic E-state index is -0.828. The SMILES string of the molecule is CCC(CC(=O)Cc1ccccc1)(C(=O)O)C1CC1. The minimum absolute atomic E-state index is 0.0300. The smallest absolute Gasteiger partial charge is 0.310 e. The van der Waals surface area contributed by atoms with Crippen LogP contribution >= 0.6 is 0 Å². The van der Waals surface area contributed by atoms with Gasteiger partial charge in [-0.3, -0.25) is 9.59 Å². The molecule has 0 aromatic heterocycles. The van der Waals surface area contributed by atoms with Crippen LogP contribution in [0, 0.1) is 11.3 Å². The monoisotopic (exact) mass is 260 g/mol. The van der Waals surface area contributed by atoms with Gasteiger partial charge in [0, 0.05) is 12.8 Å². The Morgan fingerprint density at radius 2 is 1.89 bits per heavy atom. The van der Waals surface area contributed by atoms with Crippen LogP contribution in [0.15, 0.2) is 30.3 Å². The summed E-state index contributed by atoms with van der Waals surface area (Å²) in [7, 11) is 0. The fourth-order valence-electron chi connectivity index (χ4n) is 2.83. The van der Waals surface area contributed by atoms with Crippen molar-refractivity contribution in [3.05, 3.63) is 35.9 Å². The van der Waals surface area contributed by atoms with Gasteiger partial charge in [-0.1, -0.05) is 37.3 Å². The third-order valence-electron chi connectivity index (χ3n) is 4.17. The molecular formula is C16H20O3. The highest BCUT2D eigenvalue weighted by Gasteiger charge is 2.50. The first kappa shape index (κ1) is 13.8. The summed E-state index contributed by atoms with van der Waals surface area (Å²) in [6.45, 7) is 1.88. The summed E-state index contributed by atoms with van der Waals surface area (Å²) < 4.78 is 0. The van der Waals surface area contributed by atoms with Crippen molar-refractivity contribution in [2.45, 2.75) is 39.0 Å². The van der Waals surface area contributed by atoms with Crippen molar-refractivity contribution >= 4 is 11.8 Å². The van der Waals surface area contributed by atoms with Crippen LogP contribution in [-0.2, 0) is 16.0 Å². The van der Waals surface area contributed by atoms with Crippen molar-refractivity contribution in [3.63, 3.8) is 0 Å². The average molecular weight is 260 g/mol. The van der Waals surface area contributed by atoms with E-state index in [-0.39, 0.29) is 18.1 Å². The largest absolute Gasteiger partial charge is 0.481 e. The van der Waals surface area contributed by atoms with Crippen LogP contribution in [0.5, 0.6) is 0 Å². The molecule has 0 heterocycles. The summed E-state index contributed by atoms with van der Waals surface area (Å²) in [6, 6.07) is 9.51. The Bertz CT molecular complexity index is 462. The van der Waals surface area contributed by atoms with Gasteiger partial charge in [-0.25, -0.2) is 0 Å². The summed E-state index contributed by atoms with van der Waals surface area (Å²) in [5, 5.41) is 9.50. The van der Waals surface area contributed by atoms with Gasteiger partial charge in [0.1, 0.15) is 5.78 Å². The van der Waals surface area contributed by atoms with Crippen LogP contribution in [0.2, 0.25) is 0 Å². The van der Waals surface area contributed by atoms with Crippen LogP contribution in [0.4, 0.5) is 0 Å². The van der Waals surface area contributed by atoms with Crippen molar-refractivity contribution in [2.24, 2.45) is 11.3 Å². The number of carbonyl (C=O) groups excluding carboxylic acids is 1. The fourth-order valence-corrected chi connectivity index (χ4v) is 2.83. The maximum absolute atomic E-state index is 12.2. The van der Waals surface area contributed by atoms with E-state index in [1.54, 1.807) is 0 Å². The molecule has 1 atom stereocenters. The summed E-state index contributed by atoms with van der Waals surface area (Å²) >= 11 is 0. The number of Topliss-reactive ketones (excluding diaryl/α,β-unsaturated/α-hetero) is 1. The first-order valence-corrected chi connectivity index (χ1v) is 6.87. The molecule has 0 radical (unpaired) electrons. The molecule has 1 saturated carbocycles. The summed E-state index contributed by atoms with van der Waals surface area (Å²) in [6.07, 6.45) is 2.92. The van der Waals surface area contributed by atoms with Crippen molar-refractivity contribution in [1.82, 2.24) is 0 Å². The molecule has 1 fully saturated rings. The molecule has 1 aromatic rings. The number of carbonyl (C=O) groups is 2. The zero-order valence-corrected chi connectivity index (χ0v) is 11.3.